The molecule has 0 aliphatic rings. The molecule has 1 aromatic carbocycles. The van der Waals surface area contributed by atoms with Crippen LogP contribution >= 0.6 is 0 Å². The van der Waals surface area contributed by atoms with Crippen LogP contribution in [0.25, 0.3) is 11.0 Å². The van der Waals surface area contributed by atoms with E-state index in [1.54, 1.807) is 24.3 Å². The Morgan fingerprint density at radius 2 is 2.00 bits per heavy atom. The van der Waals surface area contributed by atoms with Gasteiger partial charge in [0, 0.05) is 17.1 Å². The van der Waals surface area contributed by atoms with Gasteiger partial charge in [0.2, 0.25) is 5.91 Å². The second kappa shape index (κ2) is 7.60. The van der Waals surface area contributed by atoms with Crippen LogP contribution in [0, 0.1) is 0 Å². The minimum atomic E-state index is -1.75. The molecule has 0 aliphatic heterocycles. The standard InChI is InChI=1S/C15H20N2O7/c1-23-11-5-7-4-8(2-3-10(7)24-11)17-15(22)12(16)14(21)13(20)9(19)6-18/h2-5,9,12-14,18-21H,6,16H2,1H3,(H,17,22). The Labute approximate surface area is 137 Å². The molecule has 0 saturated carbocycles. The van der Waals surface area contributed by atoms with E-state index in [-0.39, 0.29) is 0 Å². The van der Waals surface area contributed by atoms with Crippen LogP contribution in [-0.4, -0.2) is 64.4 Å². The highest BCUT2D eigenvalue weighted by Gasteiger charge is 2.33. The number of nitrogens with two attached hydrogens (primary N) is 1. The SMILES string of the molecule is COc1cc2cc(NC(=O)C(N)C(O)C(O)C(O)CO)ccc2o1. The third kappa shape index (κ3) is 3.83. The summed E-state index contributed by atoms with van der Waals surface area (Å²) in [7, 11) is 1.47. The molecule has 0 radical (unpaired) electrons. The maximum atomic E-state index is 12.1. The van der Waals surface area contributed by atoms with E-state index in [2.05, 4.69) is 5.32 Å². The van der Waals surface area contributed by atoms with Crippen molar-refractivity contribution in [1.82, 2.24) is 0 Å². The molecule has 132 valence electrons. The van der Waals surface area contributed by atoms with Crippen LogP contribution in [0.1, 0.15) is 0 Å². The number of nitrogens with one attached hydrogen (secondary N) is 1. The second-order valence-electron chi connectivity index (χ2n) is 5.27. The van der Waals surface area contributed by atoms with Crippen molar-refractivity contribution in [3.05, 3.63) is 24.3 Å². The minimum absolute atomic E-state index is 0.321. The van der Waals surface area contributed by atoms with Gasteiger partial charge in [-0.2, -0.15) is 0 Å². The third-order valence-corrected chi connectivity index (χ3v) is 3.56. The highest BCUT2D eigenvalue weighted by atomic mass is 16.6. The molecule has 7 N–H and O–H groups in total. The number of aliphatic hydroxyl groups excluding tert-OH is 4. The Hall–Kier alpha value is -2.17. The molecule has 0 saturated heterocycles. The number of hydrogen-bond donors (Lipinski definition) is 6. The molecule has 4 atom stereocenters. The molecular formula is C15H20N2O7. The largest absolute Gasteiger partial charge is 0.468 e. The van der Waals surface area contributed by atoms with Crippen molar-refractivity contribution in [1.29, 1.82) is 0 Å². The van der Waals surface area contributed by atoms with Crippen molar-refractivity contribution in [3.8, 4) is 5.95 Å². The first-order valence-electron chi connectivity index (χ1n) is 7.16. The average molecular weight is 340 g/mol. The molecule has 0 bridgehead atoms. The molecule has 0 aliphatic carbocycles. The van der Waals surface area contributed by atoms with Gasteiger partial charge in [-0.3, -0.25) is 4.79 Å². The van der Waals surface area contributed by atoms with Gasteiger partial charge in [-0.1, -0.05) is 0 Å². The number of furan rings is 1. The predicted molar refractivity (Wildman–Crippen MR) is 84.5 cm³/mol. The van der Waals surface area contributed by atoms with Crippen LogP contribution in [-0.2, 0) is 4.79 Å². The van der Waals surface area contributed by atoms with Gasteiger partial charge in [0.05, 0.1) is 13.7 Å². The monoisotopic (exact) mass is 340 g/mol. The molecule has 2 rings (SSSR count). The predicted octanol–water partition coefficient (Wildman–Crippen LogP) is -1.22. The molecule has 9 nitrogen and oxygen atoms in total. The van der Waals surface area contributed by atoms with Gasteiger partial charge in [-0.15, -0.1) is 0 Å². The summed E-state index contributed by atoms with van der Waals surface area (Å²) in [6, 6.07) is 4.95. The summed E-state index contributed by atoms with van der Waals surface area (Å²) >= 11 is 0. The molecule has 24 heavy (non-hydrogen) atoms. The van der Waals surface area contributed by atoms with E-state index in [0.717, 1.165) is 0 Å². The Balaban J connectivity index is 2.08. The van der Waals surface area contributed by atoms with Gasteiger partial charge in [-0.25, -0.2) is 0 Å². The zero-order valence-corrected chi connectivity index (χ0v) is 12.9. The lowest BCUT2D eigenvalue weighted by molar-refractivity contribution is -0.126. The number of aliphatic hydroxyl groups is 4. The molecular weight excluding hydrogens is 320 g/mol. The fourth-order valence-electron chi connectivity index (χ4n) is 2.13. The Morgan fingerprint density at radius 1 is 1.29 bits per heavy atom. The molecule has 9 heteroatoms. The van der Waals surface area contributed by atoms with Crippen molar-refractivity contribution < 1.29 is 34.4 Å². The van der Waals surface area contributed by atoms with Crippen LogP contribution in [0.3, 0.4) is 0 Å². The van der Waals surface area contributed by atoms with Crippen molar-refractivity contribution in [2.24, 2.45) is 5.73 Å². The normalized spacial score (nSPS) is 16.4. The smallest absolute Gasteiger partial charge is 0.285 e. The quantitative estimate of drug-likeness (QED) is 0.366. The number of carbonyl (C=O) groups is 1. The molecule has 2 aromatic rings. The van der Waals surface area contributed by atoms with Crippen molar-refractivity contribution in [3.63, 3.8) is 0 Å². The number of amides is 1. The first kappa shape index (κ1) is 18.2. The number of fused-ring (bicyclic) bond motifs is 1. The average Bonchev–Trinajstić information content (AvgIpc) is 3.01. The van der Waals surface area contributed by atoms with E-state index in [1.807, 2.05) is 0 Å². The van der Waals surface area contributed by atoms with Gasteiger partial charge in [0.15, 0.2) is 0 Å². The summed E-state index contributed by atoms with van der Waals surface area (Å²) < 4.78 is 10.3. The highest BCUT2D eigenvalue weighted by Crippen LogP contribution is 2.27. The molecule has 1 amide bonds. The van der Waals surface area contributed by atoms with Crippen molar-refractivity contribution in [2.45, 2.75) is 24.4 Å². The summed E-state index contributed by atoms with van der Waals surface area (Å²) in [6.45, 7) is -0.772. The number of ether oxygens (including phenoxy) is 1. The Morgan fingerprint density at radius 3 is 2.62 bits per heavy atom. The fraction of sp³-hybridized carbons (Fsp3) is 0.400. The fourth-order valence-corrected chi connectivity index (χ4v) is 2.13. The van der Waals surface area contributed by atoms with Gasteiger partial charge in [0.25, 0.3) is 5.95 Å². The van der Waals surface area contributed by atoms with E-state index >= 15 is 0 Å². The molecule has 1 aromatic heterocycles. The maximum Gasteiger partial charge on any atom is 0.285 e. The third-order valence-electron chi connectivity index (χ3n) is 3.56. The maximum absolute atomic E-state index is 12.1. The van der Waals surface area contributed by atoms with E-state index in [4.69, 9.17) is 20.0 Å². The summed E-state index contributed by atoms with van der Waals surface area (Å²) in [5.74, 6) is -0.441. The van der Waals surface area contributed by atoms with Gasteiger partial charge in [-0.05, 0) is 18.2 Å². The molecule has 4 unspecified atom stereocenters. The van der Waals surface area contributed by atoms with E-state index in [9.17, 15) is 20.1 Å². The van der Waals surface area contributed by atoms with Gasteiger partial charge < -0.3 is 40.6 Å². The topological polar surface area (TPSA) is 158 Å². The summed E-state index contributed by atoms with van der Waals surface area (Å²) in [5, 5.41) is 40.6. The number of hydrogen-bond acceptors (Lipinski definition) is 8. The first-order chi connectivity index (χ1) is 11.4. The van der Waals surface area contributed by atoms with Crippen molar-refractivity contribution in [2.75, 3.05) is 19.0 Å². The van der Waals surface area contributed by atoms with Gasteiger partial charge in [0.1, 0.15) is 29.9 Å². The lowest BCUT2D eigenvalue weighted by Crippen LogP contribution is -2.54. The number of methoxy groups -OCH3 is 1. The van der Waals surface area contributed by atoms with Crippen molar-refractivity contribution >= 4 is 22.6 Å². The highest BCUT2D eigenvalue weighted by molar-refractivity contribution is 5.97. The summed E-state index contributed by atoms with van der Waals surface area (Å²) in [4.78, 5) is 12.1. The number of anilines is 1. The van der Waals surface area contributed by atoms with E-state index in [0.29, 0.717) is 22.6 Å². The minimum Gasteiger partial charge on any atom is -0.468 e. The number of benzene rings is 1. The van der Waals surface area contributed by atoms with E-state index < -0.39 is 36.9 Å². The molecule has 0 spiro atoms. The lowest BCUT2D eigenvalue weighted by Gasteiger charge is -2.25. The van der Waals surface area contributed by atoms with Crippen LogP contribution < -0.4 is 15.8 Å². The lowest BCUT2D eigenvalue weighted by atomic mass is 10.0. The zero-order chi connectivity index (χ0) is 17.9. The number of rotatable bonds is 7. The van der Waals surface area contributed by atoms with Crippen LogP contribution in [0.5, 0.6) is 5.95 Å². The van der Waals surface area contributed by atoms with Gasteiger partial charge >= 0.3 is 0 Å². The summed E-state index contributed by atoms with van der Waals surface area (Å²) in [5.41, 5.74) is 6.55. The first-order valence-corrected chi connectivity index (χ1v) is 7.16. The Bertz CT molecular complexity index is 702. The zero-order valence-electron chi connectivity index (χ0n) is 12.9. The van der Waals surface area contributed by atoms with Crippen LogP contribution in [0.15, 0.2) is 28.7 Å². The molecule has 1 heterocycles. The van der Waals surface area contributed by atoms with Crippen LogP contribution in [0.4, 0.5) is 5.69 Å². The number of carbonyl (C=O) groups excluding carboxylic acids is 1. The molecule has 0 fully saturated rings. The van der Waals surface area contributed by atoms with E-state index in [1.165, 1.54) is 7.11 Å². The van der Waals surface area contributed by atoms with Crippen LogP contribution in [0.2, 0.25) is 0 Å². The summed E-state index contributed by atoms with van der Waals surface area (Å²) in [6.07, 6.45) is -5.10. The Kier molecular flexibility index (Phi) is 5.75. The second-order valence-corrected chi connectivity index (χ2v) is 5.27.